The van der Waals surface area contributed by atoms with Gasteiger partial charge in [0.2, 0.25) is 0 Å². The van der Waals surface area contributed by atoms with E-state index in [0.717, 1.165) is 68.6 Å². The molecule has 51 heavy (non-hydrogen) atoms. The maximum Gasteiger partial charge on any atom is 0.328 e. The van der Waals surface area contributed by atoms with Crippen LogP contribution in [-0.4, -0.2) is 70.2 Å². The summed E-state index contributed by atoms with van der Waals surface area (Å²) in [6.07, 6.45) is 7.01. The van der Waals surface area contributed by atoms with Crippen LogP contribution < -0.4 is 5.73 Å². The number of piperidine rings is 2. The van der Waals surface area contributed by atoms with E-state index in [9.17, 15) is 19.5 Å². The Balaban J connectivity index is 0.000000209. The van der Waals surface area contributed by atoms with E-state index in [-0.39, 0.29) is 12.0 Å². The number of nitrogens with two attached hydrogens (primary N) is 1. The molecule has 0 saturated carbocycles. The zero-order valence-electron chi connectivity index (χ0n) is 31.4. The topological polar surface area (TPSA) is 122 Å². The molecule has 0 aliphatic carbocycles. The normalized spacial score (nSPS) is 17.2. The number of hydrogen-bond acceptors (Lipinski definition) is 8. The fourth-order valence-electron chi connectivity index (χ4n) is 6.15. The predicted molar refractivity (Wildman–Crippen MR) is 202 cm³/mol. The van der Waals surface area contributed by atoms with E-state index in [0.29, 0.717) is 0 Å². The predicted octanol–water partition coefficient (Wildman–Crippen LogP) is 7.88. The second-order valence-corrected chi connectivity index (χ2v) is 15.1. The summed E-state index contributed by atoms with van der Waals surface area (Å²) in [6, 6.07) is 27.2. The summed E-state index contributed by atoms with van der Waals surface area (Å²) in [4.78, 5) is 39.9. The number of esters is 2. The average molecular weight is 702 g/mol. The summed E-state index contributed by atoms with van der Waals surface area (Å²) in [6.45, 7) is 15.0. The van der Waals surface area contributed by atoms with Crippen molar-refractivity contribution in [3.05, 3.63) is 108 Å². The van der Waals surface area contributed by atoms with E-state index in [1.165, 1.54) is 12.8 Å². The standard InChI is InChI=1S/C17H25NO2.C13H17NO2.C12H17NO2/c1-17(2,3)20-16(19)15(14-10-6-4-7-11-14)18-12-8-5-9-13-18;15-13(16)12(11-7-3-1-4-8-11)14-9-5-2-6-10-14;1-12(2,3)15-11(14)10(13)9-7-5-4-6-8-9/h4,6-7,10-11,15H,5,8-9,12-13H2,1-3H3;1,3-4,7-8,12H,2,5-6,9-10H2,(H,15,16);4-8,10H,13H2,1-3H3/t15-;12-;10-/m010/s1. The maximum atomic E-state index is 12.6. The summed E-state index contributed by atoms with van der Waals surface area (Å²) >= 11 is 0. The molecule has 3 aromatic carbocycles. The SMILES string of the molecule is CC(C)(C)OC(=O)[C@@H](N)c1ccccc1.CC(C)(C)OC(=O)[C@H](c1ccccc1)N1CCCCC1.O=C(O)[C@@H](c1ccccc1)N1CCCCC1. The molecule has 0 unspecified atom stereocenters. The fraction of sp³-hybridized carbons (Fsp3) is 0.500. The molecule has 9 heteroatoms. The molecule has 2 saturated heterocycles. The van der Waals surface area contributed by atoms with Gasteiger partial charge in [-0.15, -0.1) is 0 Å². The highest BCUT2D eigenvalue weighted by Crippen LogP contribution is 2.28. The molecular formula is C42H59N3O6. The van der Waals surface area contributed by atoms with Crippen molar-refractivity contribution < 1.29 is 29.0 Å². The highest BCUT2D eigenvalue weighted by atomic mass is 16.6. The molecule has 2 aliphatic rings. The first-order valence-electron chi connectivity index (χ1n) is 18.2. The Morgan fingerprint density at radius 3 is 1.25 bits per heavy atom. The highest BCUT2D eigenvalue weighted by molar-refractivity contribution is 5.78. The molecule has 0 bridgehead atoms. The number of benzene rings is 3. The Bertz CT molecular complexity index is 1460. The number of rotatable bonds is 8. The lowest BCUT2D eigenvalue weighted by Crippen LogP contribution is -2.40. The van der Waals surface area contributed by atoms with Gasteiger partial charge in [0.15, 0.2) is 0 Å². The molecule has 2 heterocycles. The zero-order chi connectivity index (χ0) is 37.4. The fourth-order valence-corrected chi connectivity index (χ4v) is 6.15. The molecule has 278 valence electrons. The first kappa shape index (κ1) is 41.4. The van der Waals surface area contributed by atoms with Gasteiger partial charge in [-0.25, -0.2) is 9.59 Å². The third-order valence-electron chi connectivity index (χ3n) is 8.43. The van der Waals surface area contributed by atoms with Crippen LogP contribution in [0.25, 0.3) is 0 Å². The summed E-state index contributed by atoms with van der Waals surface area (Å²) in [5.41, 5.74) is 7.52. The van der Waals surface area contributed by atoms with Crippen molar-refractivity contribution in [3.8, 4) is 0 Å². The minimum Gasteiger partial charge on any atom is -0.480 e. The number of likely N-dealkylation sites (tertiary alicyclic amines) is 2. The van der Waals surface area contributed by atoms with Gasteiger partial charge in [0.05, 0.1) is 0 Å². The lowest BCUT2D eigenvalue weighted by molar-refractivity contribution is -0.162. The molecule has 9 nitrogen and oxygen atoms in total. The molecule has 0 radical (unpaired) electrons. The van der Waals surface area contributed by atoms with Crippen LogP contribution in [0.2, 0.25) is 0 Å². The monoisotopic (exact) mass is 701 g/mol. The summed E-state index contributed by atoms with van der Waals surface area (Å²) in [5, 5.41) is 9.34. The number of hydrogen-bond donors (Lipinski definition) is 2. The first-order chi connectivity index (χ1) is 24.2. The van der Waals surface area contributed by atoms with Crippen LogP contribution in [0, 0.1) is 0 Å². The van der Waals surface area contributed by atoms with Crippen LogP contribution in [0.5, 0.6) is 0 Å². The van der Waals surface area contributed by atoms with Crippen LogP contribution in [0.15, 0.2) is 91.0 Å². The van der Waals surface area contributed by atoms with Gasteiger partial charge in [-0.1, -0.05) is 104 Å². The summed E-state index contributed by atoms with van der Waals surface area (Å²) < 4.78 is 10.8. The number of aliphatic carboxylic acids is 1. The minimum atomic E-state index is -0.742. The zero-order valence-corrected chi connectivity index (χ0v) is 31.4. The van der Waals surface area contributed by atoms with E-state index in [1.54, 1.807) is 0 Å². The van der Waals surface area contributed by atoms with Crippen molar-refractivity contribution in [2.45, 2.75) is 109 Å². The molecule has 2 aliphatic heterocycles. The molecule has 0 spiro atoms. The smallest absolute Gasteiger partial charge is 0.328 e. The first-order valence-corrected chi connectivity index (χ1v) is 18.2. The minimum absolute atomic E-state index is 0.134. The molecule has 0 amide bonds. The molecule has 3 N–H and O–H groups in total. The van der Waals surface area contributed by atoms with Crippen molar-refractivity contribution in [2.75, 3.05) is 26.2 Å². The van der Waals surface area contributed by atoms with Gasteiger partial charge in [-0.05, 0) is 110 Å². The molecule has 3 aromatic rings. The van der Waals surface area contributed by atoms with Gasteiger partial charge in [-0.2, -0.15) is 0 Å². The Labute approximate surface area is 305 Å². The van der Waals surface area contributed by atoms with Gasteiger partial charge in [-0.3, -0.25) is 14.6 Å². The summed E-state index contributed by atoms with van der Waals surface area (Å²) in [5.74, 6) is -1.27. The van der Waals surface area contributed by atoms with E-state index in [2.05, 4.69) is 9.80 Å². The lowest BCUT2D eigenvalue weighted by atomic mass is 10.0. The van der Waals surface area contributed by atoms with Crippen LogP contribution in [0.4, 0.5) is 0 Å². The number of carbonyl (C=O) groups excluding carboxylic acids is 2. The third kappa shape index (κ3) is 14.6. The molecule has 3 atom stereocenters. The van der Waals surface area contributed by atoms with Crippen molar-refractivity contribution in [1.29, 1.82) is 0 Å². The molecular weight excluding hydrogens is 642 g/mol. The second-order valence-electron chi connectivity index (χ2n) is 15.1. The highest BCUT2D eigenvalue weighted by Gasteiger charge is 2.32. The van der Waals surface area contributed by atoms with Crippen molar-refractivity contribution >= 4 is 17.9 Å². The third-order valence-corrected chi connectivity index (χ3v) is 8.43. The molecule has 0 aromatic heterocycles. The van der Waals surface area contributed by atoms with Crippen molar-refractivity contribution in [2.24, 2.45) is 5.73 Å². The number of nitrogens with zero attached hydrogens (tertiary/aromatic N) is 2. The quantitative estimate of drug-likeness (QED) is 0.226. The molecule has 2 fully saturated rings. The van der Waals surface area contributed by atoms with Crippen LogP contribution in [0.3, 0.4) is 0 Å². The number of carboxylic acids is 1. The Morgan fingerprint density at radius 2 is 0.882 bits per heavy atom. The van der Waals surface area contributed by atoms with Gasteiger partial charge in [0.25, 0.3) is 0 Å². The molecule has 5 rings (SSSR count). The van der Waals surface area contributed by atoms with Gasteiger partial charge < -0.3 is 20.3 Å². The number of carboxylic acid groups (broad SMARTS) is 1. The van der Waals surface area contributed by atoms with Gasteiger partial charge >= 0.3 is 17.9 Å². The largest absolute Gasteiger partial charge is 0.480 e. The summed E-state index contributed by atoms with van der Waals surface area (Å²) in [7, 11) is 0. The maximum absolute atomic E-state index is 12.6. The average Bonchev–Trinajstić information content (AvgIpc) is 3.09. The number of carbonyl (C=O) groups is 3. The van der Waals surface area contributed by atoms with Gasteiger partial charge in [0, 0.05) is 0 Å². The van der Waals surface area contributed by atoms with E-state index in [4.69, 9.17) is 15.2 Å². The van der Waals surface area contributed by atoms with Crippen LogP contribution >= 0.6 is 0 Å². The van der Waals surface area contributed by atoms with E-state index in [1.807, 2.05) is 133 Å². The second kappa shape index (κ2) is 20.1. The van der Waals surface area contributed by atoms with Crippen molar-refractivity contribution in [3.63, 3.8) is 0 Å². The number of ether oxygens (including phenoxy) is 2. The van der Waals surface area contributed by atoms with Crippen LogP contribution in [0.1, 0.15) is 115 Å². The Kier molecular flexibility index (Phi) is 16.3. The van der Waals surface area contributed by atoms with E-state index >= 15 is 0 Å². The van der Waals surface area contributed by atoms with Gasteiger partial charge in [0.1, 0.15) is 29.3 Å². The van der Waals surface area contributed by atoms with Crippen LogP contribution in [-0.2, 0) is 23.9 Å². The Hall–Kier alpha value is -4.05. The lowest BCUT2D eigenvalue weighted by Gasteiger charge is -2.35. The van der Waals surface area contributed by atoms with Crippen molar-refractivity contribution in [1.82, 2.24) is 9.80 Å². The Morgan fingerprint density at radius 1 is 0.549 bits per heavy atom. The van der Waals surface area contributed by atoms with E-state index < -0.39 is 35.2 Å².